The second-order valence-corrected chi connectivity index (χ2v) is 9.35. The van der Waals surface area contributed by atoms with Crippen molar-refractivity contribution < 1.29 is 18.0 Å². The van der Waals surface area contributed by atoms with Crippen molar-refractivity contribution in [3.63, 3.8) is 0 Å². The molecule has 3 heterocycles. The molecule has 2 atom stereocenters. The molecule has 0 fully saturated rings. The van der Waals surface area contributed by atoms with E-state index in [2.05, 4.69) is 21.8 Å². The summed E-state index contributed by atoms with van der Waals surface area (Å²) < 4.78 is 42.5. The van der Waals surface area contributed by atoms with Crippen molar-refractivity contribution in [2.75, 3.05) is 10.6 Å². The molecule has 1 amide bonds. The van der Waals surface area contributed by atoms with Crippen LogP contribution in [0.1, 0.15) is 63.4 Å². The Morgan fingerprint density at radius 3 is 2.73 bits per heavy atom. The molecule has 1 aliphatic carbocycles. The first-order valence-electron chi connectivity index (χ1n) is 10.7. The molecule has 1 aliphatic heterocycles. The van der Waals surface area contributed by atoms with Crippen LogP contribution in [0.3, 0.4) is 0 Å². The Balaban J connectivity index is 1.45. The van der Waals surface area contributed by atoms with Gasteiger partial charge < -0.3 is 10.6 Å². The van der Waals surface area contributed by atoms with Gasteiger partial charge in [-0.15, -0.1) is 11.3 Å². The fourth-order valence-electron chi connectivity index (χ4n) is 4.53. The van der Waals surface area contributed by atoms with Crippen LogP contribution in [0.5, 0.6) is 0 Å². The molecule has 0 bridgehead atoms. The summed E-state index contributed by atoms with van der Waals surface area (Å²) >= 11 is 1.36. The first kappa shape index (κ1) is 21.5. The summed E-state index contributed by atoms with van der Waals surface area (Å²) in [5.74, 6) is -0.500. The van der Waals surface area contributed by atoms with Gasteiger partial charge in [0.25, 0.3) is 5.91 Å². The second kappa shape index (κ2) is 8.23. The highest BCUT2D eigenvalue weighted by Gasteiger charge is 2.46. The molecule has 10 heteroatoms. The number of nitrogens with zero attached hydrogens (tertiary/aromatic N) is 3. The van der Waals surface area contributed by atoms with Crippen molar-refractivity contribution in [2.45, 2.75) is 50.4 Å². The van der Waals surface area contributed by atoms with Gasteiger partial charge in [0.05, 0.1) is 11.6 Å². The average Bonchev–Trinajstić information content (AvgIpc) is 3.39. The number of nitrogens with one attached hydrogen (secondary N) is 2. The number of thiophene rings is 1. The monoisotopic (exact) mass is 471 g/mol. The third kappa shape index (κ3) is 3.97. The molecule has 2 N–H and O–H groups in total. The van der Waals surface area contributed by atoms with Crippen LogP contribution in [0.4, 0.5) is 24.0 Å². The molecular weight excluding hydrogens is 451 g/mol. The van der Waals surface area contributed by atoms with E-state index in [0.29, 0.717) is 10.6 Å². The van der Waals surface area contributed by atoms with Gasteiger partial charge in [0.15, 0.2) is 11.7 Å². The molecule has 0 radical (unpaired) electrons. The maximum atomic E-state index is 13.9. The highest BCUT2D eigenvalue weighted by molar-refractivity contribution is 7.16. The number of rotatable bonds is 3. The van der Waals surface area contributed by atoms with Crippen LogP contribution < -0.4 is 10.6 Å². The van der Waals surface area contributed by atoms with E-state index >= 15 is 0 Å². The third-order valence-electron chi connectivity index (χ3n) is 6.13. The Bertz CT molecular complexity index is 1240. The molecule has 2 aliphatic rings. The summed E-state index contributed by atoms with van der Waals surface area (Å²) in [5, 5.41) is 19.8. The Kier molecular flexibility index (Phi) is 5.37. The zero-order valence-corrected chi connectivity index (χ0v) is 18.3. The lowest BCUT2D eigenvalue weighted by atomic mass is 9.96. The molecule has 0 saturated heterocycles. The van der Waals surface area contributed by atoms with Gasteiger partial charge in [-0.25, -0.2) is 4.68 Å². The number of halogens is 3. The molecule has 170 valence electrons. The average molecular weight is 472 g/mol. The Labute approximate surface area is 192 Å². The number of carbonyl (C=O) groups is 1. The molecule has 0 saturated carbocycles. The minimum atomic E-state index is -4.52. The van der Waals surface area contributed by atoms with Gasteiger partial charge in [-0.2, -0.15) is 23.5 Å². The minimum Gasteiger partial charge on any atom is -0.363 e. The summed E-state index contributed by atoms with van der Waals surface area (Å²) in [5.41, 5.74) is 2.02. The fraction of sp³-hybridized carbons (Fsp3) is 0.348. The smallest absolute Gasteiger partial charge is 0.363 e. The summed E-state index contributed by atoms with van der Waals surface area (Å²) in [6.45, 7) is 0. The number of anilines is 2. The lowest BCUT2D eigenvalue weighted by Crippen LogP contribution is -2.35. The highest BCUT2D eigenvalue weighted by Crippen LogP contribution is 2.44. The number of benzene rings is 1. The van der Waals surface area contributed by atoms with Crippen molar-refractivity contribution >= 4 is 28.1 Å². The number of fused-ring (bicyclic) bond motifs is 2. The zero-order chi connectivity index (χ0) is 23.2. The first-order valence-corrected chi connectivity index (χ1v) is 11.5. The molecule has 0 unspecified atom stereocenters. The molecule has 1 aromatic carbocycles. The number of alkyl halides is 3. The lowest BCUT2D eigenvalue weighted by Gasteiger charge is -2.33. The standard InChI is InChI=1S/C23H20F3N5OS/c24-23(25,26)19-10-16(13-6-2-1-3-7-13)28-20-11-17(30-31(19)20)21(32)29-22-15(12-27)14-8-4-5-9-18(14)33-22/h1-3,6-7,11,16,19,28H,4-5,8-10H2,(H,29,32)/t16-,19-/m0/s1. The quantitative estimate of drug-likeness (QED) is 0.520. The van der Waals surface area contributed by atoms with E-state index in [9.17, 15) is 23.2 Å². The predicted molar refractivity (Wildman–Crippen MR) is 118 cm³/mol. The Morgan fingerprint density at radius 2 is 2.00 bits per heavy atom. The maximum absolute atomic E-state index is 13.9. The molecule has 5 rings (SSSR count). The van der Waals surface area contributed by atoms with Crippen molar-refractivity contribution in [1.29, 1.82) is 5.26 Å². The summed E-state index contributed by atoms with van der Waals surface area (Å²) in [7, 11) is 0. The highest BCUT2D eigenvalue weighted by atomic mass is 32.1. The first-order chi connectivity index (χ1) is 15.8. The third-order valence-corrected chi connectivity index (χ3v) is 7.34. The normalized spacial score (nSPS) is 19.7. The largest absolute Gasteiger partial charge is 0.410 e. The number of hydrogen-bond donors (Lipinski definition) is 2. The molecule has 6 nitrogen and oxygen atoms in total. The summed E-state index contributed by atoms with van der Waals surface area (Å²) in [6.07, 6.45) is -1.08. The number of aromatic nitrogens is 2. The number of amides is 1. The second-order valence-electron chi connectivity index (χ2n) is 8.24. The van der Waals surface area contributed by atoms with Crippen LogP contribution in [0.15, 0.2) is 36.4 Å². The van der Waals surface area contributed by atoms with Gasteiger partial charge in [0.2, 0.25) is 0 Å². The van der Waals surface area contributed by atoms with Gasteiger partial charge in [-0.3, -0.25) is 4.79 Å². The van der Waals surface area contributed by atoms with Crippen molar-refractivity contribution in [3.8, 4) is 6.07 Å². The van der Waals surface area contributed by atoms with Gasteiger partial charge >= 0.3 is 6.18 Å². The van der Waals surface area contributed by atoms with E-state index in [0.717, 1.165) is 46.4 Å². The van der Waals surface area contributed by atoms with Crippen LogP contribution in [-0.2, 0) is 12.8 Å². The van der Waals surface area contributed by atoms with E-state index in [1.54, 1.807) is 30.3 Å². The maximum Gasteiger partial charge on any atom is 0.410 e. The van der Waals surface area contributed by atoms with E-state index < -0.39 is 24.2 Å². The molecule has 0 spiro atoms. The number of carbonyl (C=O) groups excluding carboxylic acids is 1. The van der Waals surface area contributed by atoms with Gasteiger partial charge in [0.1, 0.15) is 16.9 Å². The van der Waals surface area contributed by atoms with Crippen LogP contribution in [0.25, 0.3) is 0 Å². The predicted octanol–water partition coefficient (Wildman–Crippen LogP) is 5.61. The summed E-state index contributed by atoms with van der Waals surface area (Å²) in [6, 6.07) is 9.98. The van der Waals surface area contributed by atoms with E-state index in [4.69, 9.17) is 0 Å². The Morgan fingerprint density at radius 1 is 1.24 bits per heavy atom. The molecular formula is C23H20F3N5OS. The lowest BCUT2D eigenvalue weighted by molar-refractivity contribution is -0.173. The molecule has 33 heavy (non-hydrogen) atoms. The fourth-order valence-corrected chi connectivity index (χ4v) is 5.76. The van der Waals surface area contributed by atoms with Gasteiger partial charge in [0, 0.05) is 17.4 Å². The summed E-state index contributed by atoms with van der Waals surface area (Å²) in [4.78, 5) is 14.0. The molecule has 2 aromatic heterocycles. The topological polar surface area (TPSA) is 82.7 Å². The van der Waals surface area contributed by atoms with E-state index in [1.165, 1.54) is 17.4 Å². The minimum absolute atomic E-state index is 0.129. The Hall–Kier alpha value is -3.32. The molecule has 3 aromatic rings. The van der Waals surface area contributed by atoms with Crippen LogP contribution >= 0.6 is 11.3 Å². The number of aryl methyl sites for hydroxylation is 1. The zero-order valence-electron chi connectivity index (χ0n) is 17.4. The van der Waals surface area contributed by atoms with Crippen molar-refractivity contribution in [2.24, 2.45) is 0 Å². The number of hydrogen-bond acceptors (Lipinski definition) is 5. The van der Waals surface area contributed by atoms with Crippen LogP contribution in [-0.4, -0.2) is 21.9 Å². The van der Waals surface area contributed by atoms with Crippen LogP contribution in [0, 0.1) is 11.3 Å². The van der Waals surface area contributed by atoms with Gasteiger partial charge in [-0.1, -0.05) is 30.3 Å². The van der Waals surface area contributed by atoms with Crippen molar-refractivity contribution in [3.05, 3.63) is 63.7 Å². The SMILES string of the molecule is N#Cc1c(NC(=O)c2cc3n(n2)[C@H](C(F)(F)F)C[C@@H](c2ccccc2)N3)sc2c1CCCC2. The van der Waals surface area contributed by atoms with Crippen LogP contribution in [0.2, 0.25) is 0 Å². The number of nitriles is 1. The van der Waals surface area contributed by atoms with Gasteiger partial charge in [-0.05, 0) is 36.8 Å². The van der Waals surface area contributed by atoms with E-state index in [1.807, 2.05) is 0 Å². The van der Waals surface area contributed by atoms with E-state index in [-0.39, 0.29) is 17.9 Å². The van der Waals surface area contributed by atoms with Crippen molar-refractivity contribution in [1.82, 2.24) is 9.78 Å².